The molecular weight excluding hydrogens is 423 g/mol. The summed E-state index contributed by atoms with van der Waals surface area (Å²) in [5.41, 5.74) is 4.52. The predicted molar refractivity (Wildman–Crippen MR) is 127 cm³/mol. The van der Waals surface area contributed by atoms with Crippen LogP contribution in [0.1, 0.15) is 26.7 Å². The zero-order valence-corrected chi connectivity index (χ0v) is 18.8. The number of rotatable bonds is 6. The first-order valence-corrected chi connectivity index (χ1v) is 11.5. The lowest BCUT2D eigenvalue weighted by atomic mass is 10.2. The lowest BCUT2D eigenvalue weighted by Gasteiger charge is -2.38. The van der Waals surface area contributed by atoms with Gasteiger partial charge in [-0.05, 0) is 36.3 Å². The van der Waals surface area contributed by atoms with Gasteiger partial charge in [-0.25, -0.2) is 19.3 Å². The highest BCUT2D eigenvalue weighted by atomic mass is 32.1. The van der Waals surface area contributed by atoms with Crippen LogP contribution in [0.5, 0.6) is 0 Å². The molecule has 0 amide bonds. The van der Waals surface area contributed by atoms with Crippen LogP contribution < -0.4 is 10.2 Å². The quantitative estimate of drug-likeness (QED) is 0.618. The average molecular weight is 449 g/mol. The number of nitrogens with one attached hydrogen (secondary N) is 1. The molecule has 0 bridgehead atoms. The van der Waals surface area contributed by atoms with Crippen molar-refractivity contribution in [1.82, 2.24) is 25.2 Å². The number of fused-ring (bicyclic) bond motifs is 1. The Labute approximate surface area is 191 Å². The number of anilines is 1. The number of halogens is 1. The summed E-state index contributed by atoms with van der Waals surface area (Å²) in [6.45, 7) is 10.3. The molecule has 5 rings (SSSR count). The van der Waals surface area contributed by atoms with Crippen LogP contribution in [0.2, 0.25) is 0 Å². The Morgan fingerprint density at radius 3 is 2.62 bits per heavy atom. The minimum absolute atomic E-state index is 0.218. The highest BCUT2D eigenvalue weighted by Gasteiger charge is 2.26. The van der Waals surface area contributed by atoms with Gasteiger partial charge in [-0.3, -0.25) is 0 Å². The Morgan fingerprint density at radius 1 is 1.12 bits per heavy atom. The van der Waals surface area contributed by atoms with Crippen LogP contribution in [0.3, 0.4) is 0 Å². The van der Waals surface area contributed by atoms with Gasteiger partial charge in [0.15, 0.2) is 0 Å². The van der Waals surface area contributed by atoms with Crippen molar-refractivity contribution in [2.75, 3.05) is 31.1 Å². The lowest BCUT2D eigenvalue weighted by Crippen LogP contribution is -2.48. The molecule has 2 aliphatic rings. The first kappa shape index (κ1) is 20.6. The molecule has 1 saturated heterocycles. The molecule has 3 aromatic rings. The minimum atomic E-state index is -0.218. The van der Waals surface area contributed by atoms with E-state index >= 15 is 0 Å². The first-order valence-electron chi connectivity index (χ1n) is 10.7. The van der Waals surface area contributed by atoms with Gasteiger partial charge in [-0.1, -0.05) is 18.7 Å². The Balaban J connectivity index is 1.22. The van der Waals surface area contributed by atoms with Gasteiger partial charge in [0.2, 0.25) is 0 Å². The topological polar surface area (TPSA) is 57.2 Å². The molecule has 1 aliphatic heterocycles. The molecule has 1 aromatic carbocycles. The third-order valence-corrected chi connectivity index (χ3v) is 6.92. The van der Waals surface area contributed by atoms with Crippen LogP contribution in [0, 0.1) is 12.7 Å². The van der Waals surface area contributed by atoms with Gasteiger partial charge in [0.25, 0.3) is 0 Å². The van der Waals surface area contributed by atoms with E-state index in [1.807, 2.05) is 13.1 Å². The van der Waals surface area contributed by atoms with E-state index in [9.17, 15) is 4.39 Å². The average Bonchev–Trinajstić information content (AvgIpc) is 3.44. The standard InChI is InChI=1S/C24H25FN6S/c1-16(26-13-18-3-5-20(25)6-4-18)30-7-9-31(10-8-30)24-21-11-19(12-22(21)28-15-29-24)23-14-27-17(2)32-23/h3-6,11,14-15,26H,1,7-10,12-13H2,2H3. The van der Waals surface area contributed by atoms with Gasteiger partial charge in [-0.15, -0.1) is 11.3 Å². The summed E-state index contributed by atoms with van der Waals surface area (Å²) >= 11 is 1.72. The number of hydrogen-bond donors (Lipinski definition) is 1. The molecule has 1 N–H and O–H groups in total. The number of nitrogens with zero attached hydrogens (tertiary/aromatic N) is 5. The highest BCUT2D eigenvalue weighted by molar-refractivity contribution is 7.12. The lowest BCUT2D eigenvalue weighted by molar-refractivity contribution is 0.300. The Hall–Kier alpha value is -3.26. The summed E-state index contributed by atoms with van der Waals surface area (Å²) < 4.78 is 13.1. The smallest absolute Gasteiger partial charge is 0.139 e. The maximum absolute atomic E-state index is 13.1. The second kappa shape index (κ2) is 8.70. The van der Waals surface area contributed by atoms with Crippen LogP contribution >= 0.6 is 11.3 Å². The van der Waals surface area contributed by atoms with Crippen molar-refractivity contribution in [2.24, 2.45) is 0 Å². The summed E-state index contributed by atoms with van der Waals surface area (Å²) in [6.07, 6.45) is 6.69. The van der Waals surface area contributed by atoms with Crippen molar-refractivity contribution in [3.8, 4) is 0 Å². The summed E-state index contributed by atoms with van der Waals surface area (Å²) in [5, 5.41) is 4.44. The van der Waals surface area contributed by atoms with E-state index in [-0.39, 0.29) is 5.82 Å². The molecular formula is C24H25FN6S. The largest absolute Gasteiger partial charge is 0.368 e. The molecule has 0 radical (unpaired) electrons. The van der Waals surface area contributed by atoms with Gasteiger partial charge in [0.1, 0.15) is 18.0 Å². The summed E-state index contributed by atoms with van der Waals surface area (Å²) in [7, 11) is 0. The van der Waals surface area contributed by atoms with Gasteiger partial charge >= 0.3 is 0 Å². The Morgan fingerprint density at radius 2 is 1.91 bits per heavy atom. The van der Waals surface area contributed by atoms with Gasteiger partial charge in [-0.2, -0.15) is 0 Å². The normalized spacial score (nSPS) is 15.5. The van der Waals surface area contributed by atoms with Crippen molar-refractivity contribution < 1.29 is 4.39 Å². The van der Waals surface area contributed by atoms with Crippen LogP contribution in [0.4, 0.5) is 10.2 Å². The van der Waals surface area contributed by atoms with Crippen molar-refractivity contribution in [1.29, 1.82) is 0 Å². The second-order valence-electron chi connectivity index (χ2n) is 8.05. The Bertz CT molecular complexity index is 1160. The fourth-order valence-corrected chi connectivity index (χ4v) is 4.93. The van der Waals surface area contributed by atoms with Crippen molar-refractivity contribution in [2.45, 2.75) is 19.9 Å². The van der Waals surface area contributed by atoms with Gasteiger partial charge in [0, 0.05) is 50.9 Å². The maximum Gasteiger partial charge on any atom is 0.139 e. The van der Waals surface area contributed by atoms with E-state index in [1.165, 1.54) is 22.6 Å². The van der Waals surface area contributed by atoms with Crippen LogP contribution in [-0.2, 0) is 13.0 Å². The molecule has 0 unspecified atom stereocenters. The zero-order valence-electron chi connectivity index (χ0n) is 18.0. The van der Waals surface area contributed by atoms with Crippen molar-refractivity contribution >= 4 is 28.8 Å². The summed E-state index contributed by atoms with van der Waals surface area (Å²) in [6, 6.07) is 6.54. The van der Waals surface area contributed by atoms with E-state index in [0.29, 0.717) is 6.54 Å². The molecule has 32 heavy (non-hydrogen) atoms. The van der Waals surface area contributed by atoms with Crippen molar-refractivity contribution in [3.63, 3.8) is 0 Å². The summed E-state index contributed by atoms with van der Waals surface area (Å²) in [5.74, 6) is 1.68. The molecule has 3 heterocycles. The SMILES string of the molecule is C=C(NCc1ccc(F)cc1)N1CCN(c2ncnc3c2C=C(c2cnc(C)s2)C3)CC1. The van der Waals surface area contributed by atoms with Crippen LogP contribution in [0.25, 0.3) is 11.6 Å². The fourth-order valence-electron chi connectivity index (χ4n) is 4.14. The number of thiazole rings is 1. The molecule has 0 atom stereocenters. The van der Waals surface area contributed by atoms with Gasteiger partial charge < -0.3 is 15.1 Å². The monoisotopic (exact) mass is 448 g/mol. The van der Waals surface area contributed by atoms with E-state index in [0.717, 1.165) is 66.1 Å². The number of aryl methyl sites for hydroxylation is 1. The van der Waals surface area contributed by atoms with E-state index < -0.39 is 0 Å². The first-order chi connectivity index (χ1) is 15.6. The number of allylic oxidation sites excluding steroid dienone is 1. The third kappa shape index (κ3) is 4.23. The minimum Gasteiger partial charge on any atom is -0.368 e. The third-order valence-electron chi connectivity index (χ3n) is 5.93. The van der Waals surface area contributed by atoms with E-state index in [4.69, 9.17) is 0 Å². The molecule has 1 aliphatic carbocycles. The molecule has 164 valence electrons. The summed E-state index contributed by atoms with van der Waals surface area (Å²) in [4.78, 5) is 19.4. The number of benzene rings is 1. The van der Waals surface area contributed by atoms with Crippen LogP contribution in [0.15, 0.2) is 49.2 Å². The number of piperazine rings is 1. The molecule has 0 spiro atoms. The van der Waals surface area contributed by atoms with E-state index in [2.05, 4.69) is 42.7 Å². The highest BCUT2D eigenvalue weighted by Crippen LogP contribution is 2.36. The Kier molecular flexibility index (Phi) is 5.61. The molecule has 6 nitrogen and oxygen atoms in total. The molecule has 2 aromatic heterocycles. The molecule has 8 heteroatoms. The predicted octanol–water partition coefficient (Wildman–Crippen LogP) is 3.86. The van der Waals surface area contributed by atoms with Gasteiger partial charge in [0.05, 0.1) is 21.4 Å². The van der Waals surface area contributed by atoms with E-state index in [1.54, 1.807) is 29.8 Å². The maximum atomic E-state index is 13.1. The second-order valence-corrected chi connectivity index (χ2v) is 9.28. The van der Waals surface area contributed by atoms with Crippen molar-refractivity contribution in [3.05, 3.63) is 81.7 Å². The number of aromatic nitrogens is 3. The van der Waals surface area contributed by atoms with Crippen LogP contribution in [-0.4, -0.2) is 46.0 Å². The molecule has 1 fully saturated rings. The molecule has 0 saturated carbocycles. The zero-order chi connectivity index (χ0) is 22.1. The fraction of sp³-hybridized carbons (Fsp3) is 0.292. The number of hydrogen-bond acceptors (Lipinski definition) is 7.